The molecule has 0 aromatic heterocycles. The van der Waals surface area contributed by atoms with Crippen LogP contribution in [0, 0.1) is 6.92 Å². The molecule has 14 heavy (non-hydrogen) atoms. The Morgan fingerprint density at radius 3 is 2.00 bits per heavy atom. The van der Waals surface area contributed by atoms with Gasteiger partial charge in [-0.05, 0) is 24.9 Å². The molecule has 0 fully saturated rings. The van der Waals surface area contributed by atoms with Crippen molar-refractivity contribution < 1.29 is 17.4 Å². The average molecular weight is 222 g/mol. The van der Waals surface area contributed by atoms with E-state index in [2.05, 4.69) is 5.87 Å². The number of aryl methyl sites for hydroxylation is 1. The largest absolute Gasteiger partial charge is 0.467 e. The van der Waals surface area contributed by atoms with Gasteiger partial charge in [-0.1, -0.05) is 17.7 Å². The van der Waals surface area contributed by atoms with Crippen LogP contribution < -0.4 is 0 Å². The van der Waals surface area contributed by atoms with Crippen LogP contribution in [0.4, 0.5) is 13.2 Å². The number of alkyl halides is 3. The highest BCUT2D eigenvalue weighted by Crippen LogP contribution is 2.30. The first kappa shape index (κ1) is 11.1. The highest BCUT2D eigenvalue weighted by molar-refractivity contribution is 8.01. The molecule has 0 heterocycles. The van der Waals surface area contributed by atoms with Gasteiger partial charge < -0.3 is 0 Å². The smallest absolute Gasteiger partial charge is 0.254 e. The summed E-state index contributed by atoms with van der Waals surface area (Å²) in [4.78, 5) is -0.282. The molecule has 0 aliphatic rings. The first-order valence-electron chi connectivity index (χ1n) is 3.75. The van der Waals surface area contributed by atoms with E-state index in [9.17, 15) is 17.4 Å². The Bertz CT molecular complexity index is 414. The Labute approximate surface area is 80.6 Å². The maximum atomic E-state index is 12.3. The molecule has 0 aliphatic heterocycles. The Morgan fingerprint density at radius 1 is 1.21 bits per heavy atom. The Morgan fingerprint density at radius 2 is 1.64 bits per heavy atom. The molecule has 0 saturated heterocycles. The van der Waals surface area contributed by atoms with Crippen LogP contribution in [0.2, 0.25) is 0 Å². The topological polar surface area (TPSA) is 17.1 Å². The third-order valence-electron chi connectivity index (χ3n) is 1.78. The summed E-state index contributed by atoms with van der Waals surface area (Å²) in [5.41, 5.74) is -3.98. The zero-order valence-electron chi connectivity index (χ0n) is 7.47. The zero-order chi connectivity index (χ0) is 11.0. The summed E-state index contributed by atoms with van der Waals surface area (Å²) >= 11 is 0. The van der Waals surface area contributed by atoms with Crippen molar-refractivity contribution >= 4 is 15.4 Å². The van der Waals surface area contributed by atoms with Crippen molar-refractivity contribution in [2.24, 2.45) is 0 Å². The normalized spacial score (nSPS) is 16.3. The quantitative estimate of drug-likeness (QED) is 0.667. The summed E-state index contributed by atoms with van der Waals surface area (Å²) in [6, 6.07) is 5.34. The van der Waals surface area contributed by atoms with E-state index in [1.807, 2.05) is 0 Å². The predicted molar refractivity (Wildman–Crippen MR) is 50.8 cm³/mol. The standard InChI is InChI=1S/C9H9F3OS/c1-7-3-5-8(6-4-7)14(2,13)9(10,11)12/h3-6H,2H2,1H3. The Balaban J connectivity index is 3.25. The Kier molecular flexibility index (Phi) is 2.63. The molecule has 1 aromatic carbocycles. The van der Waals surface area contributed by atoms with Crippen LogP contribution in [0.3, 0.4) is 0 Å². The van der Waals surface area contributed by atoms with Crippen LogP contribution in [0.5, 0.6) is 0 Å². The van der Waals surface area contributed by atoms with E-state index >= 15 is 0 Å². The molecule has 0 saturated carbocycles. The second kappa shape index (κ2) is 3.31. The highest BCUT2D eigenvalue weighted by atomic mass is 32.2. The van der Waals surface area contributed by atoms with Crippen LogP contribution in [0.25, 0.3) is 0 Å². The fourth-order valence-corrected chi connectivity index (χ4v) is 1.73. The molecular formula is C9H9F3OS. The van der Waals surface area contributed by atoms with E-state index in [1.54, 1.807) is 6.92 Å². The summed E-state index contributed by atoms with van der Waals surface area (Å²) in [5.74, 6) is 2.74. The third-order valence-corrected chi connectivity index (χ3v) is 3.56. The van der Waals surface area contributed by atoms with Gasteiger partial charge in [0.25, 0.3) is 0 Å². The van der Waals surface area contributed by atoms with Gasteiger partial charge in [-0.2, -0.15) is 13.2 Å². The first-order valence-corrected chi connectivity index (χ1v) is 5.48. The summed E-state index contributed by atoms with van der Waals surface area (Å²) < 4.78 is 48.1. The summed E-state index contributed by atoms with van der Waals surface area (Å²) in [6.45, 7) is 1.74. The van der Waals surface area contributed by atoms with Gasteiger partial charge in [0.1, 0.15) is 0 Å². The second-order valence-electron chi connectivity index (χ2n) is 2.93. The summed E-state index contributed by atoms with van der Waals surface area (Å²) in [7, 11) is -4.19. The molecule has 0 bridgehead atoms. The van der Waals surface area contributed by atoms with E-state index in [0.29, 0.717) is 0 Å². The minimum absolute atomic E-state index is 0.282. The molecule has 1 unspecified atom stereocenters. The molecule has 1 atom stereocenters. The van der Waals surface area contributed by atoms with Gasteiger partial charge in [-0.25, -0.2) is 0 Å². The lowest BCUT2D eigenvalue weighted by atomic mass is 10.2. The molecule has 0 aliphatic carbocycles. The molecule has 1 nitrogen and oxygen atoms in total. The van der Waals surface area contributed by atoms with E-state index in [0.717, 1.165) is 5.56 Å². The van der Waals surface area contributed by atoms with Crippen molar-refractivity contribution in [3.05, 3.63) is 29.8 Å². The van der Waals surface area contributed by atoms with Crippen LogP contribution in [-0.4, -0.2) is 15.6 Å². The van der Waals surface area contributed by atoms with E-state index in [4.69, 9.17) is 0 Å². The van der Waals surface area contributed by atoms with Gasteiger partial charge in [-0.3, -0.25) is 4.21 Å². The van der Waals surface area contributed by atoms with Gasteiger partial charge in [-0.15, -0.1) is 0 Å². The maximum Gasteiger partial charge on any atom is 0.467 e. The van der Waals surface area contributed by atoms with E-state index in [-0.39, 0.29) is 4.90 Å². The van der Waals surface area contributed by atoms with Crippen LogP contribution in [0.1, 0.15) is 5.56 Å². The van der Waals surface area contributed by atoms with Crippen molar-refractivity contribution in [2.45, 2.75) is 17.3 Å². The van der Waals surface area contributed by atoms with Gasteiger partial charge in [0.15, 0.2) is 0 Å². The monoisotopic (exact) mass is 222 g/mol. The van der Waals surface area contributed by atoms with Crippen molar-refractivity contribution in [3.8, 4) is 0 Å². The minimum Gasteiger partial charge on any atom is -0.254 e. The summed E-state index contributed by atoms with van der Waals surface area (Å²) in [5, 5.41) is 0. The average Bonchev–Trinajstić information content (AvgIpc) is 2.03. The lowest BCUT2D eigenvalue weighted by Gasteiger charge is -2.12. The predicted octanol–water partition coefficient (Wildman–Crippen LogP) is 2.59. The lowest BCUT2D eigenvalue weighted by molar-refractivity contribution is -0.0392. The lowest BCUT2D eigenvalue weighted by Crippen LogP contribution is -2.22. The fourth-order valence-electron chi connectivity index (χ4n) is 0.892. The fraction of sp³-hybridized carbons (Fsp3) is 0.222. The van der Waals surface area contributed by atoms with Crippen molar-refractivity contribution in [1.29, 1.82) is 0 Å². The first-order chi connectivity index (χ1) is 6.25. The maximum absolute atomic E-state index is 12.3. The van der Waals surface area contributed by atoms with E-state index in [1.165, 1.54) is 24.3 Å². The SMILES string of the molecule is C=S(=O)(c1ccc(C)cc1)C(F)(F)F. The molecular weight excluding hydrogens is 213 g/mol. The molecule has 78 valence electrons. The molecule has 1 aromatic rings. The van der Waals surface area contributed by atoms with Gasteiger partial charge >= 0.3 is 5.51 Å². The molecule has 0 amide bonds. The van der Waals surface area contributed by atoms with Gasteiger partial charge in [0.2, 0.25) is 0 Å². The minimum atomic E-state index is -4.79. The number of rotatable bonds is 1. The molecule has 0 radical (unpaired) electrons. The number of hydrogen-bond donors (Lipinski definition) is 0. The number of hydrogen-bond acceptors (Lipinski definition) is 1. The number of halogens is 3. The van der Waals surface area contributed by atoms with E-state index < -0.39 is 15.0 Å². The number of benzene rings is 1. The molecule has 1 rings (SSSR count). The molecule has 5 heteroatoms. The van der Waals surface area contributed by atoms with Crippen LogP contribution in [-0.2, 0) is 9.52 Å². The van der Waals surface area contributed by atoms with Gasteiger partial charge in [0.05, 0.1) is 9.52 Å². The Hall–Kier alpha value is -0.970. The van der Waals surface area contributed by atoms with Gasteiger partial charge in [0, 0.05) is 4.90 Å². The van der Waals surface area contributed by atoms with Crippen LogP contribution in [0.15, 0.2) is 29.2 Å². The summed E-state index contributed by atoms with van der Waals surface area (Å²) in [6.07, 6.45) is 0. The highest BCUT2D eigenvalue weighted by Gasteiger charge is 2.40. The molecule has 0 spiro atoms. The van der Waals surface area contributed by atoms with Crippen molar-refractivity contribution in [1.82, 2.24) is 0 Å². The van der Waals surface area contributed by atoms with Crippen LogP contribution >= 0.6 is 0 Å². The molecule has 0 N–H and O–H groups in total. The zero-order valence-corrected chi connectivity index (χ0v) is 8.28. The van der Waals surface area contributed by atoms with Crippen molar-refractivity contribution in [3.63, 3.8) is 0 Å². The third kappa shape index (κ3) is 1.92. The second-order valence-corrected chi connectivity index (χ2v) is 5.22. The van der Waals surface area contributed by atoms with Crippen molar-refractivity contribution in [2.75, 3.05) is 0 Å².